The number of fused-ring (bicyclic) bond motifs is 4. The first-order valence-corrected chi connectivity index (χ1v) is 17.5. The third-order valence-electron chi connectivity index (χ3n) is 10.5. The number of carbonyl (C=O) groups is 1. The summed E-state index contributed by atoms with van der Waals surface area (Å²) in [6.07, 6.45) is 9.30. The molecule has 49 heavy (non-hydrogen) atoms. The first kappa shape index (κ1) is 32.1. The molecule has 3 saturated heterocycles. The second-order valence-corrected chi connectivity index (χ2v) is 15.2. The van der Waals surface area contributed by atoms with E-state index in [9.17, 15) is 9.90 Å². The molecule has 1 saturated carbocycles. The quantitative estimate of drug-likeness (QED) is 0.252. The van der Waals surface area contributed by atoms with Crippen LogP contribution in [0.3, 0.4) is 0 Å². The number of nitrogens with zero attached hydrogens (tertiary/aromatic N) is 7. The Labute approximate surface area is 284 Å². The van der Waals surface area contributed by atoms with Gasteiger partial charge < -0.3 is 24.2 Å². The number of amides is 1. The van der Waals surface area contributed by atoms with Crippen molar-refractivity contribution in [2.75, 3.05) is 37.8 Å². The summed E-state index contributed by atoms with van der Waals surface area (Å²) in [6, 6.07) is 3.87. The lowest BCUT2D eigenvalue weighted by Crippen LogP contribution is -2.57. The van der Waals surface area contributed by atoms with Gasteiger partial charge in [-0.05, 0) is 84.3 Å². The van der Waals surface area contributed by atoms with Gasteiger partial charge >= 0.3 is 12.1 Å². The minimum atomic E-state index is -0.595. The molecule has 13 heteroatoms. The van der Waals surface area contributed by atoms with E-state index in [0.717, 1.165) is 61.4 Å². The van der Waals surface area contributed by atoms with Crippen molar-refractivity contribution >= 4 is 33.7 Å². The van der Waals surface area contributed by atoms with Gasteiger partial charge in [0.05, 0.1) is 42.4 Å². The molecule has 2 bridgehead atoms. The van der Waals surface area contributed by atoms with Crippen LogP contribution in [0.2, 0.25) is 0 Å². The first-order valence-electron chi connectivity index (χ1n) is 17.5. The number of aliphatic hydroxyl groups is 1. The predicted molar refractivity (Wildman–Crippen MR) is 181 cm³/mol. The van der Waals surface area contributed by atoms with Gasteiger partial charge in [-0.3, -0.25) is 9.88 Å². The van der Waals surface area contributed by atoms with Crippen LogP contribution < -0.4 is 9.64 Å². The van der Waals surface area contributed by atoms with Crippen LogP contribution in [0.1, 0.15) is 77.5 Å². The minimum absolute atomic E-state index is 0.00865. The Hall–Kier alpha value is -4.10. The summed E-state index contributed by atoms with van der Waals surface area (Å²) in [5.41, 5.74) is 1.76. The van der Waals surface area contributed by atoms with Crippen molar-refractivity contribution in [3.63, 3.8) is 0 Å². The number of aliphatic hydroxyl groups excluding tert-OH is 1. The maximum Gasteiger partial charge on any atom is 0.410 e. The van der Waals surface area contributed by atoms with E-state index in [4.69, 9.17) is 24.2 Å². The third-order valence-corrected chi connectivity index (χ3v) is 10.5. The Kier molecular flexibility index (Phi) is 7.90. The van der Waals surface area contributed by atoms with Crippen LogP contribution in [0.4, 0.5) is 15.0 Å². The molecular weight excluding hydrogens is 629 g/mol. The number of ether oxygens (including phenoxy) is 3. The van der Waals surface area contributed by atoms with Crippen molar-refractivity contribution in [3.8, 4) is 17.3 Å². The summed E-state index contributed by atoms with van der Waals surface area (Å²) in [7, 11) is 0. The van der Waals surface area contributed by atoms with E-state index in [2.05, 4.69) is 15.0 Å². The second kappa shape index (κ2) is 12.0. The van der Waals surface area contributed by atoms with Crippen LogP contribution in [-0.4, -0.2) is 91.4 Å². The topological polar surface area (TPSA) is 128 Å². The van der Waals surface area contributed by atoms with E-state index in [-0.39, 0.29) is 60.3 Å². The number of hydrogen-bond acceptors (Lipinski definition) is 10. The third kappa shape index (κ3) is 5.84. The molecule has 1 aromatic carbocycles. The number of piperazine rings is 1. The fourth-order valence-electron chi connectivity index (χ4n) is 7.62. The standard InChI is InChI=1S/C36H44FN7O5/c1-21-8-11-26-24(16-39-44(26)27-7-5-6-14-47-27)28(21)31-29(37)30-25(15-38-31)32(41-33(40-30)48-20-36(19-45)12-13-36)42-17-22-9-10-23(18-42)43(22)34(46)49-35(2,3)4/h8,11,15-16,22-23,27,45H,5-7,9-10,12-14,17-20H2,1-4H3/t22?,23?,27-/m1/s1. The fourth-order valence-corrected chi connectivity index (χ4v) is 7.62. The van der Waals surface area contributed by atoms with E-state index >= 15 is 4.39 Å². The number of benzene rings is 1. The van der Waals surface area contributed by atoms with Gasteiger partial charge in [-0.1, -0.05) is 6.07 Å². The van der Waals surface area contributed by atoms with E-state index in [0.29, 0.717) is 36.5 Å². The van der Waals surface area contributed by atoms with Crippen molar-refractivity contribution in [1.29, 1.82) is 0 Å². The summed E-state index contributed by atoms with van der Waals surface area (Å²) in [5, 5.41) is 15.9. The highest BCUT2D eigenvalue weighted by Crippen LogP contribution is 2.45. The lowest BCUT2D eigenvalue weighted by molar-refractivity contribution is -0.0366. The zero-order chi connectivity index (χ0) is 34.1. The van der Waals surface area contributed by atoms with Gasteiger partial charge in [0.1, 0.15) is 22.6 Å². The summed E-state index contributed by atoms with van der Waals surface area (Å²) >= 11 is 0. The van der Waals surface area contributed by atoms with Gasteiger partial charge in [-0.2, -0.15) is 15.1 Å². The molecule has 4 aromatic rings. The van der Waals surface area contributed by atoms with Gasteiger partial charge in [0.25, 0.3) is 0 Å². The van der Waals surface area contributed by atoms with Crippen LogP contribution in [0.5, 0.6) is 6.01 Å². The number of pyridine rings is 1. The molecule has 2 unspecified atom stereocenters. The van der Waals surface area contributed by atoms with Crippen molar-refractivity contribution < 1.29 is 28.5 Å². The molecule has 3 aliphatic heterocycles. The number of aryl methyl sites for hydroxylation is 1. The molecule has 0 radical (unpaired) electrons. The zero-order valence-corrected chi connectivity index (χ0v) is 28.6. The lowest BCUT2D eigenvalue weighted by atomic mass is 9.99. The second-order valence-electron chi connectivity index (χ2n) is 15.2. The molecule has 3 atom stereocenters. The maximum absolute atomic E-state index is 17.0. The van der Waals surface area contributed by atoms with Crippen molar-refractivity contribution in [2.24, 2.45) is 5.41 Å². The Bertz CT molecular complexity index is 1900. The number of anilines is 1. The number of rotatable bonds is 7. The van der Waals surface area contributed by atoms with Crippen LogP contribution in [0.25, 0.3) is 33.1 Å². The van der Waals surface area contributed by atoms with Gasteiger partial charge in [-0.15, -0.1) is 0 Å². The van der Waals surface area contributed by atoms with E-state index in [1.807, 2.05) is 49.4 Å². The summed E-state index contributed by atoms with van der Waals surface area (Å²) in [5.74, 6) is -0.0494. The van der Waals surface area contributed by atoms with Gasteiger partial charge in [0, 0.05) is 42.3 Å². The van der Waals surface area contributed by atoms with Crippen molar-refractivity contribution in [3.05, 3.63) is 35.9 Å². The largest absolute Gasteiger partial charge is 0.463 e. The molecule has 1 aliphatic carbocycles. The first-order chi connectivity index (χ1) is 23.5. The normalized spacial score (nSPS) is 23.3. The van der Waals surface area contributed by atoms with Crippen LogP contribution >= 0.6 is 0 Å². The SMILES string of the molecule is Cc1ccc2c(cnn2[C@H]2CCCCO2)c1-c1ncc2c(N3CC4CCC(C3)N4C(=O)OC(C)(C)C)nc(OCC3(CO)CC3)nc2c1F. The molecule has 4 aliphatic rings. The molecular formula is C36H44FN7O5. The molecule has 0 spiro atoms. The molecule has 3 aromatic heterocycles. The number of hydrogen-bond donors (Lipinski definition) is 1. The molecule has 4 fully saturated rings. The smallest absolute Gasteiger partial charge is 0.410 e. The van der Waals surface area contributed by atoms with E-state index < -0.39 is 11.4 Å². The highest BCUT2D eigenvalue weighted by molar-refractivity contribution is 5.99. The fraction of sp³-hybridized carbons (Fsp3) is 0.583. The Morgan fingerprint density at radius 1 is 1.08 bits per heavy atom. The monoisotopic (exact) mass is 673 g/mol. The molecule has 8 rings (SSSR count). The predicted octanol–water partition coefficient (Wildman–Crippen LogP) is 5.93. The number of halogens is 1. The number of carbonyl (C=O) groups excluding carboxylic acids is 1. The highest BCUT2D eigenvalue weighted by Gasteiger charge is 2.46. The number of aromatic nitrogens is 5. The Morgan fingerprint density at radius 2 is 1.86 bits per heavy atom. The Morgan fingerprint density at radius 3 is 2.53 bits per heavy atom. The molecule has 1 amide bonds. The zero-order valence-electron chi connectivity index (χ0n) is 28.6. The minimum Gasteiger partial charge on any atom is -0.463 e. The van der Waals surface area contributed by atoms with Gasteiger partial charge in [-0.25, -0.2) is 13.9 Å². The summed E-state index contributed by atoms with van der Waals surface area (Å²) in [4.78, 5) is 31.3. The van der Waals surface area contributed by atoms with Crippen LogP contribution in [0, 0.1) is 18.2 Å². The summed E-state index contributed by atoms with van der Waals surface area (Å²) < 4.78 is 36.8. The van der Waals surface area contributed by atoms with Crippen molar-refractivity contribution in [2.45, 2.75) is 96.6 Å². The Balaban J connectivity index is 1.19. The van der Waals surface area contributed by atoms with Gasteiger partial charge in [0.15, 0.2) is 12.0 Å². The maximum atomic E-state index is 17.0. The van der Waals surface area contributed by atoms with E-state index in [1.165, 1.54) is 0 Å². The van der Waals surface area contributed by atoms with Crippen molar-refractivity contribution in [1.82, 2.24) is 29.6 Å². The average molecular weight is 674 g/mol. The molecule has 1 N–H and O–H groups in total. The molecule has 6 heterocycles. The summed E-state index contributed by atoms with van der Waals surface area (Å²) in [6.45, 7) is 9.51. The average Bonchev–Trinajstić information content (AvgIpc) is 3.66. The van der Waals surface area contributed by atoms with Crippen LogP contribution in [-0.2, 0) is 9.47 Å². The lowest BCUT2D eigenvalue weighted by Gasteiger charge is -2.42. The van der Waals surface area contributed by atoms with Crippen LogP contribution in [0.15, 0.2) is 24.5 Å². The van der Waals surface area contributed by atoms with Gasteiger partial charge in [0.2, 0.25) is 0 Å². The molecule has 260 valence electrons. The molecule has 12 nitrogen and oxygen atoms in total. The van der Waals surface area contributed by atoms with E-state index in [1.54, 1.807) is 12.4 Å². The highest BCUT2D eigenvalue weighted by atomic mass is 19.1.